The van der Waals surface area contributed by atoms with Crippen LogP contribution in [0.1, 0.15) is 11.1 Å². The highest BCUT2D eigenvalue weighted by atomic mass is 32.2. The third-order valence-electron chi connectivity index (χ3n) is 4.12. The van der Waals surface area contributed by atoms with Crippen LogP contribution in [0, 0.1) is 6.92 Å². The average molecular weight is 398 g/mol. The molecule has 1 heterocycles. The fourth-order valence-corrected chi connectivity index (χ4v) is 3.36. The number of nitrogens with one attached hydrogen (secondary N) is 1. The Morgan fingerprint density at radius 1 is 1.14 bits per heavy atom. The van der Waals surface area contributed by atoms with Crippen molar-refractivity contribution in [2.75, 3.05) is 20.0 Å². The van der Waals surface area contributed by atoms with E-state index in [1.807, 2.05) is 54.0 Å². The Balaban J connectivity index is 1.59. The molecule has 0 radical (unpaired) electrons. The predicted molar refractivity (Wildman–Crippen MR) is 108 cm³/mol. The van der Waals surface area contributed by atoms with Gasteiger partial charge in [0.2, 0.25) is 5.91 Å². The SMILES string of the molecule is COc1ccc(OC)c(CNC(=O)CSc2nncn2-c2ccc(C)cc2)c1. The molecular weight excluding hydrogens is 376 g/mol. The Morgan fingerprint density at radius 3 is 2.64 bits per heavy atom. The molecule has 0 fully saturated rings. The zero-order valence-corrected chi connectivity index (χ0v) is 16.8. The van der Waals surface area contributed by atoms with Crippen molar-refractivity contribution in [2.45, 2.75) is 18.6 Å². The summed E-state index contributed by atoms with van der Waals surface area (Å²) in [6, 6.07) is 13.5. The smallest absolute Gasteiger partial charge is 0.230 e. The number of carbonyl (C=O) groups excluding carboxylic acids is 1. The first-order valence-electron chi connectivity index (χ1n) is 8.68. The Labute approximate surface area is 168 Å². The second-order valence-electron chi connectivity index (χ2n) is 6.06. The molecule has 0 aliphatic heterocycles. The lowest BCUT2D eigenvalue weighted by molar-refractivity contribution is -0.118. The van der Waals surface area contributed by atoms with E-state index in [0.717, 1.165) is 11.3 Å². The first-order chi connectivity index (χ1) is 13.6. The Hall–Kier alpha value is -3.00. The van der Waals surface area contributed by atoms with Crippen LogP contribution < -0.4 is 14.8 Å². The highest BCUT2D eigenvalue weighted by Crippen LogP contribution is 2.24. The van der Waals surface area contributed by atoms with Crippen LogP contribution in [0.4, 0.5) is 0 Å². The van der Waals surface area contributed by atoms with Crippen molar-refractivity contribution < 1.29 is 14.3 Å². The molecule has 146 valence electrons. The van der Waals surface area contributed by atoms with Crippen LogP contribution >= 0.6 is 11.8 Å². The molecule has 0 saturated carbocycles. The molecule has 1 aromatic heterocycles. The van der Waals surface area contributed by atoms with Crippen molar-refractivity contribution in [2.24, 2.45) is 0 Å². The largest absolute Gasteiger partial charge is 0.497 e. The number of thioether (sulfide) groups is 1. The monoisotopic (exact) mass is 398 g/mol. The maximum Gasteiger partial charge on any atom is 0.230 e. The molecule has 1 amide bonds. The standard InChI is InChI=1S/C20H22N4O3S/c1-14-4-6-16(7-5-14)24-13-22-23-20(24)28-12-19(25)21-11-15-10-17(26-2)8-9-18(15)27-3/h4-10,13H,11-12H2,1-3H3,(H,21,25). The van der Waals surface area contributed by atoms with E-state index in [2.05, 4.69) is 15.5 Å². The summed E-state index contributed by atoms with van der Waals surface area (Å²) in [5.74, 6) is 1.54. The van der Waals surface area contributed by atoms with Gasteiger partial charge in [0.15, 0.2) is 5.16 Å². The van der Waals surface area contributed by atoms with Gasteiger partial charge >= 0.3 is 0 Å². The second-order valence-corrected chi connectivity index (χ2v) is 7.00. The molecule has 0 spiro atoms. The summed E-state index contributed by atoms with van der Waals surface area (Å²) in [5, 5.41) is 11.6. The summed E-state index contributed by atoms with van der Waals surface area (Å²) in [6.07, 6.45) is 1.64. The van der Waals surface area contributed by atoms with Gasteiger partial charge in [-0.25, -0.2) is 0 Å². The van der Waals surface area contributed by atoms with Crippen LogP contribution in [0.25, 0.3) is 5.69 Å². The van der Waals surface area contributed by atoms with E-state index in [9.17, 15) is 4.79 Å². The highest BCUT2D eigenvalue weighted by molar-refractivity contribution is 7.99. The zero-order valence-electron chi connectivity index (χ0n) is 16.0. The van der Waals surface area contributed by atoms with E-state index in [0.29, 0.717) is 23.2 Å². The van der Waals surface area contributed by atoms with Gasteiger partial charge in [0.05, 0.1) is 20.0 Å². The van der Waals surface area contributed by atoms with E-state index in [1.165, 1.54) is 17.3 Å². The Morgan fingerprint density at radius 2 is 1.93 bits per heavy atom. The quantitative estimate of drug-likeness (QED) is 0.588. The number of amides is 1. The third-order valence-corrected chi connectivity index (χ3v) is 5.07. The molecule has 0 saturated heterocycles. The van der Waals surface area contributed by atoms with Gasteiger partial charge in [-0.2, -0.15) is 0 Å². The van der Waals surface area contributed by atoms with Crippen LogP contribution in [-0.4, -0.2) is 40.6 Å². The third kappa shape index (κ3) is 4.83. The van der Waals surface area contributed by atoms with Crippen molar-refractivity contribution >= 4 is 17.7 Å². The summed E-state index contributed by atoms with van der Waals surface area (Å²) < 4.78 is 12.4. The minimum absolute atomic E-state index is 0.103. The number of carbonyl (C=O) groups is 1. The van der Waals surface area contributed by atoms with Crippen LogP contribution in [0.5, 0.6) is 11.5 Å². The van der Waals surface area contributed by atoms with Gasteiger partial charge in [-0.05, 0) is 37.3 Å². The van der Waals surface area contributed by atoms with Crippen molar-refractivity contribution in [1.29, 1.82) is 0 Å². The maximum absolute atomic E-state index is 12.3. The molecule has 3 aromatic rings. The van der Waals surface area contributed by atoms with E-state index < -0.39 is 0 Å². The topological polar surface area (TPSA) is 78.3 Å². The van der Waals surface area contributed by atoms with E-state index in [4.69, 9.17) is 9.47 Å². The number of aromatic nitrogens is 3. The lowest BCUT2D eigenvalue weighted by atomic mass is 10.2. The summed E-state index contributed by atoms with van der Waals surface area (Å²) in [7, 11) is 3.20. The molecule has 0 bridgehead atoms. The fourth-order valence-electron chi connectivity index (χ4n) is 2.60. The van der Waals surface area contributed by atoms with Gasteiger partial charge in [0, 0.05) is 17.8 Å². The maximum atomic E-state index is 12.3. The van der Waals surface area contributed by atoms with Crippen molar-refractivity contribution in [3.8, 4) is 17.2 Å². The first kappa shape index (κ1) is 19.8. The molecular formula is C20H22N4O3S. The summed E-state index contributed by atoms with van der Waals surface area (Å²) in [5.41, 5.74) is 2.99. The van der Waals surface area contributed by atoms with Crippen LogP contribution in [-0.2, 0) is 11.3 Å². The number of nitrogens with zero attached hydrogens (tertiary/aromatic N) is 3. The molecule has 28 heavy (non-hydrogen) atoms. The number of methoxy groups -OCH3 is 2. The van der Waals surface area contributed by atoms with E-state index in [-0.39, 0.29) is 11.7 Å². The number of benzene rings is 2. The lowest BCUT2D eigenvalue weighted by Crippen LogP contribution is -2.25. The van der Waals surface area contributed by atoms with Crippen molar-refractivity contribution in [1.82, 2.24) is 20.1 Å². The summed E-state index contributed by atoms with van der Waals surface area (Å²) in [6.45, 7) is 2.39. The second kappa shape index (κ2) is 9.27. The fraction of sp³-hybridized carbons (Fsp3) is 0.250. The first-order valence-corrected chi connectivity index (χ1v) is 9.66. The van der Waals surface area contributed by atoms with Crippen LogP contribution in [0.2, 0.25) is 0 Å². The van der Waals surface area contributed by atoms with Crippen molar-refractivity contribution in [3.05, 3.63) is 59.9 Å². The molecule has 2 aromatic carbocycles. The summed E-state index contributed by atoms with van der Waals surface area (Å²) >= 11 is 1.33. The molecule has 1 N–H and O–H groups in total. The molecule has 0 aliphatic rings. The minimum atomic E-state index is -0.103. The van der Waals surface area contributed by atoms with Gasteiger partial charge in [-0.15, -0.1) is 10.2 Å². The predicted octanol–water partition coefficient (Wildman–Crippen LogP) is 3.00. The van der Waals surface area contributed by atoms with Gasteiger partial charge in [0.1, 0.15) is 17.8 Å². The molecule has 0 aliphatic carbocycles. The van der Waals surface area contributed by atoms with Gasteiger partial charge in [0.25, 0.3) is 0 Å². The molecule has 0 atom stereocenters. The van der Waals surface area contributed by atoms with Gasteiger partial charge in [-0.1, -0.05) is 29.5 Å². The number of hydrogen-bond acceptors (Lipinski definition) is 6. The normalized spacial score (nSPS) is 10.5. The molecule has 0 unspecified atom stereocenters. The number of rotatable bonds is 8. The Bertz CT molecular complexity index is 941. The average Bonchev–Trinajstić information content (AvgIpc) is 3.19. The number of ether oxygens (including phenoxy) is 2. The lowest BCUT2D eigenvalue weighted by Gasteiger charge is -2.11. The van der Waals surface area contributed by atoms with Crippen LogP contribution in [0.15, 0.2) is 53.9 Å². The molecule has 3 rings (SSSR count). The summed E-state index contributed by atoms with van der Waals surface area (Å²) in [4.78, 5) is 12.3. The van der Waals surface area contributed by atoms with E-state index in [1.54, 1.807) is 20.5 Å². The minimum Gasteiger partial charge on any atom is -0.497 e. The zero-order chi connectivity index (χ0) is 19.9. The molecule has 8 heteroatoms. The number of hydrogen-bond donors (Lipinski definition) is 1. The highest BCUT2D eigenvalue weighted by Gasteiger charge is 2.11. The van der Waals surface area contributed by atoms with E-state index >= 15 is 0 Å². The Kier molecular flexibility index (Phi) is 6.54. The van der Waals surface area contributed by atoms with Crippen LogP contribution in [0.3, 0.4) is 0 Å². The number of aryl methyl sites for hydroxylation is 1. The van der Waals surface area contributed by atoms with Crippen molar-refractivity contribution in [3.63, 3.8) is 0 Å². The van der Waals surface area contributed by atoms with Gasteiger partial charge in [-0.3, -0.25) is 9.36 Å². The van der Waals surface area contributed by atoms with Gasteiger partial charge < -0.3 is 14.8 Å². The molecule has 7 nitrogen and oxygen atoms in total.